The van der Waals surface area contributed by atoms with Crippen LogP contribution in [-0.2, 0) is 17.6 Å². The van der Waals surface area contributed by atoms with Crippen molar-refractivity contribution in [1.82, 2.24) is 9.97 Å². The van der Waals surface area contributed by atoms with Crippen LogP contribution < -0.4 is 0 Å². The number of aliphatic carboxylic acids is 1. The molecule has 4 rings (SSSR count). The largest absolute Gasteiger partial charge is 0.481 e. The zero-order valence-electron chi connectivity index (χ0n) is 15.5. The van der Waals surface area contributed by atoms with Gasteiger partial charge in [-0.25, -0.2) is 18.2 Å². The molecular formula is C22H15F3N2O2S. The van der Waals surface area contributed by atoms with Gasteiger partial charge in [-0.05, 0) is 23.1 Å². The van der Waals surface area contributed by atoms with Crippen LogP contribution in [0.25, 0.3) is 10.2 Å². The number of hydrogen-bond acceptors (Lipinski definition) is 4. The van der Waals surface area contributed by atoms with Crippen molar-refractivity contribution >= 4 is 27.5 Å². The van der Waals surface area contributed by atoms with Gasteiger partial charge in [0.25, 0.3) is 0 Å². The molecule has 4 nitrogen and oxygen atoms in total. The number of benzene rings is 2. The maximum atomic E-state index is 13.9. The van der Waals surface area contributed by atoms with E-state index >= 15 is 0 Å². The second-order valence-electron chi connectivity index (χ2n) is 6.82. The molecule has 2 aromatic heterocycles. The minimum Gasteiger partial charge on any atom is -0.481 e. The van der Waals surface area contributed by atoms with E-state index in [4.69, 9.17) is 0 Å². The smallest absolute Gasteiger partial charge is 0.311 e. The van der Waals surface area contributed by atoms with Gasteiger partial charge in [-0.3, -0.25) is 9.78 Å². The maximum Gasteiger partial charge on any atom is 0.311 e. The van der Waals surface area contributed by atoms with Gasteiger partial charge in [-0.1, -0.05) is 36.4 Å². The number of pyridine rings is 1. The van der Waals surface area contributed by atoms with Crippen molar-refractivity contribution in [1.29, 1.82) is 0 Å². The molecular weight excluding hydrogens is 413 g/mol. The summed E-state index contributed by atoms with van der Waals surface area (Å²) >= 11 is 0.928. The highest BCUT2D eigenvalue weighted by Crippen LogP contribution is 2.30. The number of aromatic nitrogens is 2. The number of thiazole rings is 1. The molecule has 0 fully saturated rings. The van der Waals surface area contributed by atoms with E-state index in [2.05, 4.69) is 9.97 Å². The summed E-state index contributed by atoms with van der Waals surface area (Å²) in [5.74, 6) is -5.11. The van der Waals surface area contributed by atoms with Crippen molar-refractivity contribution < 1.29 is 23.1 Å². The summed E-state index contributed by atoms with van der Waals surface area (Å²) < 4.78 is 41.2. The summed E-state index contributed by atoms with van der Waals surface area (Å²) in [7, 11) is 0. The van der Waals surface area contributed by atoms with E-state index in [-0.39, 0.29) is 16.6 Å². The van der Waals surface area contributed by atoms with Crippen molar-refractivity contribution in [2.24, 2.45) is 0 Å². The molecule has 8 heteroatoms. The quantitative estimate of drug-likeness (QED) is 0.434. The van der Waals surface area contributed by atoms with Crippen molar-refractivity contribution in [3.8, 4) is 0 Å². The van der Waals surface area contributed by atoms with E-state index in [0.29, 0.717) is 28.6 Å². The van der Waals surface area contributed by atoms with Crippen LogP contribution in [0, 0.1) is 17.5 Å². The SMILES string of the molecule is O=C(O)C(Cc1ccccc1)c1cncc(Cc2nc3c(F)c(F)cc(F)c3s2)c1. The number of carboxylic acid groups (broad SMARTS) is 1. The van der Waals surface area contributed by atoms with Crippen LogP contribution in [0.15, 0.2) is 54.9 Å². The van der Waals surface area contributed by atoms with Gasteiger partial charge in [-0.15, -0.1) is 11.3 Å². The number of halogens is 3. The number of nitrogens with zero attached hydrogens (tertiary/aromatic N) is 2. The molecule has 0 amide bonds. The molecule has 0 aliphatic rings. The molecule has 152 valence electrons. The van der Waals surface area contributed by atoms with Gasteiger partial charge in [-0.2, -0.15) is 0 Å². The molecule has 0 aliphatic heterocycles. The Labute approximate surface area is 173 Å². The third-order valence-corrected chi connectivity index (χ3v) is 5.78. The first-order chi connectivity index (χ1) is 14.4. The molecule has 0 saturated carbocycles. The topological polar surface area (TPSA) is 63.1 Å². The third kappa shape index (κ3) is 4.04. The lowest BCUT2D eigenvalue weighted by Crippen LogP contribution is -2.15. The molecule has 0 spiro atoms. The molecule has 0 radical (unpaired) electrons. The fourth-order valence-electron chi connectivity index (χ4n) is 3.27. The zero-order chi connectivity index (χ0) is 21.3. The van der Waals surface area contributed by atoms with E-state index < -0.39 is 29.3 Å². The molecule has 2 aromatic carbocycles. The van der Waals surface area contributed by atoms with E-state index in [0.717, 1.165) is 16.9 Å². The summed E-state index contributed by atoms with van der Waals surface area (Å²) in [6.07, 6.45) is 3.54. The molecule has 0 aliphatic carbocycles. The Morgan fingerprint density at radius 1 is 1.03 bits per heavy atom. The first-order valence-electron chi connectivity index (χ1n) is 9.06. The fraction of sp³-hybridized carbons (Fsp3) is 0.136. The van der Waals surface area contributed by atoms with Gasteiger partial charge in [0, 0.05) is 24.9 Å². The number of carboxylic acids is 1. The number of fused-ring (bicyclic) bond motifs is 1. The van der Waals surface area contributed by atoms with Crippen LogP contribution >= 0.6 is 11.3 Å². The number of hydrogen-bond donors (Lipinski definition) is 1. The zero-order valence-corrected chi connectivity index (χ0v) is 16.3. The normalized spacial score (nSPS) is 12.2. The standard InChI is InChI=1S/C22H15F3N2O2S/c23-16-9-17(24)21-20(19(16)25)27-18(30-21)8-13-6-14(11-26-10-13)15(22(28)29)7-12-4-2-1-3-5-12/h1-6,9-11,15H,7-8H2,(H,28,29). The summed E-state index contributed by atoms with van der Waals surface area (Å²) in [5.41, 5.74) is 1.71. The fourth-order valence-corrected chi connectivity index (χ4v) is 4.27. The highest BCUT2D eigenvalue weighted by molar-refractivity contribution is 7.18. The third-order valence-electron chi connectivity index (χ3n) is 4.71. The van der Waals surface area contributed by atoms with E-state index in [1.165, 1.54) is 6.20 Å². The average Bonchev–Trinajstić information content (AvgIpc) is 3.15. The van der Waals surface area contributed by atoms with Gasteiger partial charge in [0.1, 0.15) is 11.3 Å². The summed E-state index contributed by atoms with van der Waals surface area (Å²) in [5, 5.41) is 10.1. The van der Waals surface area contributed by atoms with Crippen molar-refractivity contribution in [3.63, 3.8) is 0 Å². The lowest BCUT2D eigenvalue weighted by atomic mass is 9.92. The lowest BCUT2D eigenvalue weighted by Gasteiger charge is -2.13. The minimum atomic E-state index is -1.29. The monoisotopic (exact) mass is 428 g/mol. The molecule has 30 heavy (non-hydrogen) atoms. The molecule has 0 bridgehead atoms. The highest BCUT2D eigenvalue weighted by Gasteiger charge is 2.22. The summed E-state index contributed by atoms with van der Waals surface area (Å²) in [4.78, 5) is 20.0. The maximum absolute atomic E-state index is 13.9. The van der Waals surface area contributed by atoms with Crippen molar-refractivity contribution in [2.75, 3.05) is 0 Å². The summed E-state index contributed by atoms with van der Waals surface area (Å²) in [6, 6.07) is 11.5. The predicted molar refractivity (Wildman–Crippen MR) is 107 cm³/mol. The Hall–Kier alpha value is -3.26. The van der Waals surface area contributed by atoms with Crippen LogP contribution in [-0.4, -0.2) is 21.0 Å². The second kappa shape index (κ2) is 8.23. The van der Waals surface area contributed by atoms with Crippen LogP contribution in [0.1, 0.15) is 27.6 Å². The average molecular weight is 428 g/mol. The van der Waals surface area contributed by atoms with Crippen LogP contribution in [0.3, 0.4) is 0 Å². The molecule has 1 N–H and O–H groups in total. The Kier molecular flexibility index (Phi) is 5.50. The van der Waals surface area contributed by atoms with Gasteiger partial charge < -0.3 is 5.11 Å². The van der Waals surface area contributed by atoms with Crippen molar-refractivity contribution in [2.45, 2.75) is 18.8 Å². The van der Waals surface area contributed by atoms with Crippen LogP contribution in [0.4, 0.5) is 13.2 Å². The first-order valence-corrected chi connectivity index (χ1v) is 9.87. The Bertz CT molecular complexity index is 1230. The Morgan fingerprint density at radius 2 is 1.80 bits per heavy atom. The second-order valence-corrected chi connectivity index (χ2v) is 7.91. The van der Waals surface area contributed by atoms with Gasteiger partial charge in [0.2, 0.25) is 0 Å². The Morgan fingerprint density at radius 3 is 2.53 bits per heavy atom. The van der Waals surface area contributed by atoms with Gasteiger partial charge in [0.15, 0.2) is 11.6 Å². The van der Waals surface area contributed by atoms with Gasteiger partial charge in [0.05, 0.1) is 15.6 Å². The number of carbonyl (C=O) groups is 1. The first kappa shape index (κ1) is 20.0. The highest BCUT2D eigenvalue weighted by atomic mass is 32.1. The molecule has 2 heterocycles. The minimum absolute atomic E-state index is 0.0551. The lowest BCUT2D eigenvalue weighted by molar-refractivity contribution is -0.138. The van der Waals surface area contributed by atoms with E-state index in [1.54, 1.807) is 12.3 Å². The summed E-state index contributed by atoms with van der Waals surface area (Å²) in [6.45, 7) is 0. The molecule has 4 aromatic rings. The van der Waals surface area contributed by atoms with Gasteiger partial charge >= 0.3 is 5.97 Å². The van der Waals surface area contributed by atoms with Crippen LogP contribution in [0.5, 0.6) is 0 Å². The molecule has 1 atom stereocenters. The number of rotatable bonds is 6. The van der Waals surface area contributed by atoms with E-state index in [1.807, 2.05) is 30.3 Å². The van der Waals surface area contributed by atoms with E-state index in [9.17, 15) is 23.1 Å². The molecule has 0 saturated heterocycles. The van der Waals surface area contributed by atoms with Crippen molar-refractivity contribution in [3.05, 3.63) is 94.0 Å². The Balaban J connectivity index is 1.63. The molecule has 1 unspecified atom stereocenters. The predicted octanol–water partition coefficient (Wildman–Crippen LogP) is 5.11. The van der Waals surface area contributed by atoms with Crippen LogP contribution in [0.2, 0.25) is 0 Å².